The number of rotatable bonds is 7. The molecule has 170 valence electrons. The number of anilines is 1. The number of carbonyl (C=O) groups excluding carboxylic acids is 2. The molecule has 2 amide bonds. The summed E-state index contributed by atoms with van der Waals surface area (Å²) in [6.45, 7) is 0.673. The highest BCUT2D eigenvalue weighted by atomic mass is 16.5. The molecule has 0 saturated carbocycles. The summed E-state index contributed by atoms with van der Waals surface area (Å²) < 4.78 is 16.6. The fourth-order valence-corrected chi connectivity index (χ4v) is 3.59. The summed E-state index contributed by atoms with van der Waals surface area (Å²) in [7, 11) is 3.17. The molecule has 2 aromatic carbocycles. The smallest absolute Gasteiger partial charge is 0.243 e. The van der Waals surface area contributed by atoms with Crippen molar-refractivity contribution in [2.75, 3.05) is 19.1 Å². The molecule has 0 radical (unpaired) electrons. The highest BCUT2D eigenvalue weighted by Gasteiger charge is 2.28. The van der Waals surface area contributed by atoms with Gasteiger partial charge in [-0.15, -0.1) is 0 Å². The molecule has 0 fully saturated rings. The Morgan fingerprint density at radius 2 is 1.85 bits per heavy atom. The van der Waals surface area contributed by atoms with Crippen LogP contribution in [0.25, 0.3) is 0 Å². The van der Waals surface area contributed by atoms with Gasteiger partial charge in [0.15, 0.2) is 11.5 Å². The van der Waals surface area contributed by atoms with Crippen molar-refractivity contribution in [3.8, 4) is 23.1 Å². The van der Waals surface area contributed by atoms with E-state index in [9.17, 15) is 9.59 Å². The summed E-state index contributed by atoms with van der Waals surface area (Å²) in [5.74, 6) is 1.79. The van der Waals surface area contributed by atoms with Crippen molar-refractivity contribution in [3.05, 3.63) is 71.9 Å². The lowest BCUT2D eigenvalue weighted by Crippen LogP contribution is -2.31. The predicted octanol–water partition coefficient (Wildman–Crippen LogP) is 3.83. The zero-order valence-corrected chi connectivity index (χ0v) is 18.5. The Labute approximate surface area is 192 Å². The number of fused-ring (bicyclic) bond motifs is 2. The van der Waals surface area contributed by atoms with Crippen LogP contribution in [0.4, 0.5) is 5.69 Å². The minimum atomic E-state index is -0.196. The van der Waals surface area contributed by atoms with Gasteiger partial charge in [0.2, 0.25) is 17.7 Å². The van der Waals surface area contributed by atoms with Gasteiger partial charge in [-0.3, -0.25) is 9.59 Å². The van der Waals surface area contributed by atoms with Crippen molar-refractivity contribution in [2.24, 2.45) is 0 Å². The van der Waals surface area contributed by atoms with Crippen LogP contribution in [0.1, 0.15) is 24.0 Å². The molecule has 0 atom stereocenters. The molecule has 0 aliphatic carbocycles. The van der Waals surface area contributed by atoms with Crippen molar-refractivity contribution in [3.63, 3.8) is 0 Å². The first-order valence-corrected chi connectivity index (χ1v) is 10.6. The van der Waals surface area contributed by atoms with Crippen molar-refractivity contribution >= 4 is 17.5 Å². The maximum absolute atomic E-state index is 13.1. The summed E-state index contributed by atoms with van der Waals surface area (Å²) >= 11 is 0. The highest BCUT2D eigenvalue weighted by Crippen LogP contribution is 2.42. The Morgan fingerprint density at radius 1 is 1.03 bits per heavy atom. The van der Waals surface area contributed by atoms with Gasteiger partial charge in [0, 0.05) is 31.1 Å². The monoisotopic (exact) mass is 447 g/mol. The zero-order chi connectivity index (χ0) is 23.2. The van der Waals surface area contributed by atoms with Crippen molar-refractivity contribution in [1.82, 2.24) is 10.3 Å². The molecule has 0 bridgehead atoms. The second-order valence-electron chi connectivity index (χ2n) is 7.48. The van der Waals surface area contributed by atoms with E-state index in [1.54, 1.807) is 43.5 Å². The van der Waals surface area contributed by atoms with Crippen LogP contribution in [0.3, 0.4) is 0 Å². The van der Waals surface area contributed by atoms with Crippen molar-refractivity contribution in [2.45, 2.75) is 25.9 Å². The van der Waals surface area contributed by atoms with Crippen molar-refractivity contribution < 1.29 is 23.8 Å². The third kappa shape index (κ3) is 5.06. The van der Waals surface area contributed by atoms with Gasteiger partial charge in [0.1, 0.15) is 11.4 Å². The molecule has 1 aliphatic rings. The zero-order valence-electron chi connectivity index (χ0n) is 18.5. The molecule has 0 saturated heterocycles. The summed E-state index contributed by atoms with van der Waals surface area (Å²) in [5, 5.41) is 2.85. The van der Waals surface area contributed by atoms with E-state index < -0.39 is 0 Å². The van der Waals surface area contributed by atoms with E-state index >= 15 is 0 Å². The van der Waals surface area contributed by atoms with Crippen molar-refractivity contribution in [1.29, 1.82) is 0 Å². The number of pyridine rings is 1. The number of benzene rings is 2. The molecule has 1 aromatic heterocycles. The van der Waals surface area contributed by atoms with Crippen LogP contribution >= 0.6 is 0 Å². The van der Waals surface area contributed by atoms with Gasteiger partial charge in [-0.25, -0.2) is 4.98 Å². The molecule has 0 spiro atoms. The second-order valence-corrected chi connectivity index (χ2v) is 7.48. The van der Waals surface area contributed by atoms with E-state index in [1.807, 2.05) is 36.4 Å². The predicted molar refractivity (Wildman–Crippen MR) is 123 cm³/mol. The van der Waals surface area contributed by atoms with Gasteiger partial charge in [-0.2, -0.15) is 0 Å². The first-order chi connectivity index (χ1) is 16.1. The molecule has 8 nitrogen and oxygen atoms in total. The molecule has 1 aliphatic heterocycles. The van der Waals surface area contributed by atoms with Crippen LogP contribution < -0.4 is 24.4 Å². The van der Waals surface area contributed by atoms with Gasteiger partial charge in [0.05, 0.1) is 20.8 Å². The molecule has 8 heteroatoms. The topological polar surface area (TPSA) is 90.0 Å². The Hall–Kier alpha value is -4.07. The lowest BCUT2D eigenvalue weighted by Gasteiger charge is -2.21. The molecule has 0 unspecified atom stereocenters. The van der Waals surface area contributed by atoms with Gasteiger partial charge >= 0.3 is 0 Å². The lowest BCUT2D eigenvalue weighted by atomic mass is 10.1. The third-order valence-electron chi connectivity index (χ3n) is 5.37. The molecule has 1 N–H and O–H groups in total. The van der Waals surface area contributed by atoms with Crippen LogP contribution in [-0.2, 0) is 22.7 Å². The summed E-state index contributed by atoms with van der Waals surface area (Å²) in [4.78, 5) is 31.4. The number of aromatic nitrogens is 1. The third-order valence-corrected chi connectivity index (χ3v) is 5.37. The Morgan fingerprint density at radius 3 is 2.61 bits per heavy atom. The fourth-order valence-electron chi connectivity index (χ4n) is 3.59. The Balaban J connectivity index is 1.42. The summed E-state index contributed by atoms with van der Waals surface area (Å²) in [6.07, 6.45) is 1.74. The van der Waals surface area contributed by atoms with Gasteiger partial charge in [0.25, 0.3) is 0 Å². The quantitative estimate of drug-likeness (QED) is 0.592. The number of nitrogens with zero attached hydrogens (tertiary/aromatic N) is 2. The summed E-state index contributed by atoms with van der Waals surface area (Å²) in [5.41, 5.74) is 2.30. The first kappa shape index (κ1) is 22.1. The SMILES string of the molecule is COc1ccc(CNC(=O)CCC(=O)N2Cc3cccc(OC)c3Oc3ncccc32)cc1. The maximum atomic E-state index is 13.1. The number of para-hydroxylation sites is 1. The minimum absolute atomic E-state index is 0.0576. The molecule has 2 heterocycles. The second kappa shape index (κ2) is 10.0. The fraction of sp³-hybridized carbons (Fsp3) is 0.240. The minimum Gasteiger partial charge on any atom is -0.497 e. The van der Waals surface area contributed by atoms with E-state index in [4.69, 9.17) is 14.2 Å². The standard InChI is InChI=1S/C25H25N3O5/c1-31-19-10-8-17(9-11-19)15-27-22(29)12-13-23(30)28-16-18-5-3-7-21(32-2)24(18)33-25-20(28)6-4-14-26-25/h3-11,14H,12-13,15-16H2,1-2H3,(H,27,29). The average Bonchev–Trinajstić information content (AvgIpc) is 3.03. The number of ether oxygens (including phenoxy) is 3. The normalized spacial score (nSPS) is 12.0. The average molecular weight is 447 g/mol. The van der Waals surface area contributed by atoms with E-state index in [0.717, 1.165) is 16.9 Å². The number of methoxy groups -OCH3 is 2. The summed E-state index contributed by atoms with van der Waals surface area (Å²) in [6, 6.07) is 16.5. The van der Waals surface area contributed by atoms with E-state index in [0.29, 0.717) is 29.6 Å². The number of amides is 2. The Kier molecular flexibility index (Phi) is 6.73. The van der Waals surface area contributed by atoms with Gasteiger partial charge < -0.3 is 24.4 Å². The van der Waals surface area contributed by atoms with E-state index in [-0.39, 0.29) is 31.2 Å². The Bertz CT molecular complexity index is 1150. The molecule has 4 rings (SSSR count). The molecular weight excluding hydrogens is 422 g/mol. The highest BCUT2D eigenvalue weighted by molar-refractivity contribution is 5.96. The van der Waals surface area contributed by atoms with Gasteiger partial charge in [-0.05, 0) is 35.9 Å². The van der Waals surface area contributed by atoms with E-state index in [2.05, 4.69) is 10.3 Å². The van der Waals surface area contributed by atoms with Crippen LogP contribution in [0.15, 0.2) is 60.8 Å². The number of nitrogens with one attached hydrogen (secondary N) is 1. The van der Waals surface area contributed by atoms with Gasteiger partial charge in [-0.1, -0.05) is 24.3 Å². The molecule has 3 aromatic rings. The van der Waals surface area contributed by atoms with E-state index in [1.165, 1.54) is 0 Å². The largest absolute Gasteiger partial charge is 0.497 e. The molecular formula is C25H25N3O5. The first-order valence-electron chi connectivity index (χ1n) is 10.6. The number of hydrogen-bond donors (Lipinski definition) is 1. The van der Waals surface area contributed by atoms with Crippen LogP contribution in [0, 0.1) is 0 Å². The molecule has 33 heavy (non-hydrogen) atoms. The number of carbonyl (C=O) groups is 2. The number of hydrogen-bond acceptors (Lipinski definition) is 6. The lowest BCUT2D eigenvalue weighted by molar-refractivity contribution is -0.125. The maximum Gasteiger partial charge on any atom is 0.243 e. The van der Waals surface area contributed by atoms with Crippen LogP contribution in [0.5, 0.6) is 23.1 Å². The van der Waals surface area contributed by atoms with Crippen LogP contribution in [-0.4, -0.2) is 31.0 Å². The van der Waals surface area contributed by atoms with Crippen LogP contribution in [0.2, 0.25) is 0 Å².